The molecular formula is C19H52O8SSi2. The van der Waals surface area contributed by atoms with E-state index in [1.165, 1.54) is 0 Å². The van der Waals surface area contributed by atoms with Crippen LogP contribution in [0.3, 0.4) is 0 Å². The van der Waals surface area contributed by atoms with Gasteiger partial charge in [-0.3, -0.25) is 0 Å². The van der Waals surface area contributed by atoms with Gasteiger partial charge in [0.15, 0.2) is 0 Å². The van der Waals surface area contributed by atoms with Crippen molar-refractivity contribution in [2.45, 2.75) is 60.7 Å². The van der Waals surface area contributed by atoms with Crippen LogP contribution in [-0.2, 0) is 36.0 Å². The van der Waals surface area contributed by atoms with Crippen LogP contribution in [0.25, 0.3) is 0 Å². The van der Waals surface area contributed by atoms with Gasteiger partial charge in [0.25, 0.3) is 0 Å². The Morgan fingerprint density at radius 2 is 1.10 bits per heavy atom. The van der Waals surface area contributed by atoms with Crippen LogP contribution in [0.4, 0.5) is 0 Å². The van der Waals surface area contributed by atoms with E-state index in [1.807, 2.05) is 0 Å². The number of epoxide rings is 1. The van der Waals surface area contributed by atoms with E-state index >= 15 is 0 Å². The summed E-state index contributed by atoms with van der Waals surface area (Å²) in [4.78, 5) is 0. The van der Waals surface area contributed by atoms with Crippen molar-refractivity contribution in [3.63, 3.8) is 0 Å². The number of rotatable bonds is 15. The second kappa shape index (κ2) is 24.1. The highest BCUT2D eigenvalue weighted by atomic mass is 32.1. The molecule has 8 nitrogen and oxygen atoms in total. The molecule has 1 fully saturated rings. The molecule has 11 heteroatoms. The monoisotopic (exact) mass is 496 g/mol. The molecule has 0 aromatic heterocycles. The summed E-state index contributed by atoms with van der Waals surface area (Å²) in [5.74, 6) is 0.838. The lowest BCUT2D eigenvalue weighted by atomic mass is 10.5. The molecule has 0 saturated carbocycles. The van der Waals surface area contributed by atoms with E-state index < -0.39 is 17.6 Å². The lowest BCUT2D eigenvalue weighted by Crippen LogP contribution is -2.42. The average Bonchev–Trinajstić information content (AvgIpc) is 3.52. The van der Waals surface area contributed by atoms with Crippen molar-refractivity contribution in [3.8, 4) is 0 Å². The molecule has 1 atom stereocenters. The van der Waals surface area contributed by atoms with Crippen molar-refractivity contribution < 1.29 is 36.0 Å². The maximum atomic E-state index is 5.42. The van der Waals surface area contributed by atoms with Crippen molar-refractivity contribution >= 4 is 30.2 Å². The van der Waals surface area contributed by atoms with Crippen molar-refractivity contribution in [3.05, 3.63) is 0 Å². The van der Waals surface area contributed by atoms with Crippen molar-refractivity contribution in [1.29, 1.82) is 0 Å². The molecule has 190 valence electrons. The Morgan fingerprint density at radius 1 is 0.733 bits per heavy atom. The van der Waals surface area contributed by atoms with Gasteiger partial charge in [-0.2, -0.15) is 12.6 Å². The number of hydrogen-bond acceptors (Lipinski definition) is 9. The van der Waals surface area contributed by atoms with Gasteiger partial charge >= 0.3 is 17.6 Å². The van der Waals surface area contributed by atoms with Crippen molar-refractivity contribution in [2.75, 3.05) is 68.2 Å². The molecule has 0 aromatic carbocycles. The number of hydrogen-bond donors (Lipinski definition) is 1. The number of ether oxygens (including phenoxy) is 2. The first-order valence-electron chi connectivity index (χ1n) is 8.62. The van der Waals surface area contributed by atoms with Crippen LogP contribution >= 0.6 is 12.6 Å². The molecule has 1 heterocycles. The van der Waals surface area contributed by atoms with E-state index in [9.17, 15) is 0 Å². The second-order valence-electron chi connectivity index (χ2n) is 5.55. The Hall–Kier alpha value is 0.464. The lowest BCUT2D eigenvalue weighted by Gasteiger charge is -2.24. The Balaban J connectivity index is -0.000000127. The van der Waals surface area contributed by atoms with Crippen molar-refractivity contribution in [2.24, 2.45) is 0 Å². The maximum absolute atomic E-state index is 5.42. The number of thiol groups is 1. The molecule has 1 saturated heterocycles. The van der Waals surface area contributed by atoms with Gasteiger partial charge in [-0.15, -0.1) is 0 Å². The molecule has 30 heavy (non-hydrogen) atoms. The van der Waals surface area contributed by atoms with E-state index in [0.717, 1.165) is 37.3 Å². The van der Waals surface area contributed by atoms with Gasteiger partial charge in [-0.05, 0) is 18.6 Å². The third-order valence-electron chi connectivity index (χ3n) is 3.98. The van der Waals surface area contributed by atoms with Gasteiger partial charge in [-0.1, -0.05) is 29.7 Å². The van der Waals surface area contributed by atoms with Crippen LogP contribution in [0.5, 0.6) is 0 Å². The minimum absolute atomic E-state index is 0. The smallest absolute Gasteiger partial charge is 0.379 e. The minimum Gasteiger partial charge on any atom is -0.379 e. The Labute approximate surface area is 195 Å². The fourth-order valence-electron chi connectivity index (χ4n) is 2.18. The molecule has 1 aliphatic rings. The normalized spacial score (nSPS) is 14.7. The van der Waals surface area contributed by atoms with Crippen LogP contribution in [0.1, 0.15) is 42.5 Å². The van der Waals surface area contributed by atoms with Crippen LogP contribution < -0.4 is 0 Å². The van der Waals surface area contributed by atoms with Gasteiger partial charge < -0.3 is 36.0 Å². The van der Waals surface area contributed by atoms with Crippen LogP contribution in [0.15, 0.2) is 0 Å². The van der Waals surface area contributed by atoms with E-state index in [-0.39, 0.29) is 29.7 Å². The fraction of sp³-hybridized carbons (Fsp3) is 1.00. The zero-order valence-corrected chi connectivity index (χ0v) is 19.8. The standard InChI is InChI=1S/C9H20O5Si.C6H16O3SSi.4CH4/c1-10-15(11-2,12-3)6-4-5-13-7-9-8-14-9;1-7-11(8-2,9-3)6-4-5-10;;;;/h9H,4-8H2,1-3H3;10H,4-6H2,1-3H3;4*1H4. The first-order chi connectivity index (χ1) is 12.5. The summed E-state index contributed by atoms with van der Waals surface area (Å²) < 4.78 is 41.9. The summed E-state index contributed by atoms with van der Waals surface area (Å²) in [5, 5.41) is 0. The van der Waals surface area contributed by atoms with Gasteiger partial charge in [0.05, 0.1) is 13.2 Å². The quantitative estimate of drug-likeness (QED) is 0.155. The highest BCUT2D eigenvalue weighted by Gasteiger charge is 2.37. The fourth-order valence-corrected chi connectivity index (χ4v) is 6.05. The van der Waals surface area contributed by atoms with E-state index in [1.54, 1.807) is 42.7 Å². The molecule has 0 amide bonds. The lowest BCUT2D eigenvalue weighted by molar-refractivity contribution is 0.100. The van der Waals surface area contributed by atoms with Gasteiger partial charge in [0.1, 0.15) is 6.10 Å². The Kier molecular flexibility index (Phi) is 32.8. The molecule has 0 spiro atoms. The molecule has 1 unspecified atom stereocenters. The van der Waals surface area contributed by atoms with Crippen LogP contribution in [0, 0.1) is 0 Å². The van der Waals surface area contributed by atoms with E-state index in [4.69, 9.17) is 36.0 Å². The largest absolute Gasteiger partial charge is 0.500 e. The highest BCUT2D eigenvalue weighted by Crippen LogP contribution is 2.16. The molecule has 0 N–H and O–H groups in total. The molecule has 0 aliphatic carbocycles. The summed E-state index contributed by atoms with van der Waals surface area (Å²) >= 11 is 4.10. The summed E-state index contributed by atoms with van der Waals surface area (Å²) in [6.07, 6.45) is 2.18. The SMILES string of the molecule is C.C.C.C.CO[Si](CCCOCC1CO1)(OC)OC.CO[Si](CCCS)(OC)OC. The Morgan fingerprint density at radius 3 is 1.40 bits per heavy atom. The van der Waals surface area contributed by atoms with Gasteiger partial charge in [0, 0.05) is 61.4 Å². The van der Waals surface area contributed by atoms with Gasteiger partial charge in [-0.25, -0.2) is 0 Å². The first-order valence-corrected chi connectivity index (χ1v) is 13.1. The molecule has 0 radical (unpaired) electrons. The maximum Gasteiger partial charge on any atom is 0.500 e. The average molecular weight is 497 g/mol. The molecule has 1 aliphatic heterocycles. The summed E-state index contributed by atoms with van der Waals surface area (Å²) in [6.45, 7) is 2.24. The minimum atomic E-state index is -2.39. The highest BCUT2D eigenvalue weighted by molar-refractivity contribution is 7.80. The molecular weight excluding hydrogens is 444 g/mol. The predicted molar refractivity (Wildman–Crippen MR) is 134 cm³/mol. The van der Waals surface area contributed by atoms with Gasteiger partial charge in [0.2, 0.25) is 0 Å². The zero-order chi connectivity index (χ0) is 19.9. The first kappa shape index (κ1) is 40.8. The third-order valence-corrected chi connectivity index (χ3v) is 9.96. The third kappa shape index (κ3) is 17.1. The summed E-state index contributed by atoms with van der Waals surface area (Å²) in [5.41, 5.74) is 0. The van der Waals surface area contributed by atoms with Crippen molar-refractivity contribution in [1.82, 2.24) is 0 Å². The molecule has 1 rings (SSSR count). The zero-order valence-electron chi connectivity index (χ0n) is 16.9. The van der Waals surface area contributed by atoms with E-state index in [0.29, 0.717) is 19.3 Å². The molecule has 0 bridgehead atoms. The van der Waals surface area contributed by atoms with E-state index in [2.05, 4.69) is 12.6 Å². The van der Waals surface area contributed by atoms with Crippen LogP contribution in [0.2, 0.25) is 12.1 Å². The summed E-state index contributed by atoms with van der Waals surface area (Å²) in [6, 6.07) is 1.61. The van der Waals surface area contributed by atoms with Crippen LogP contribution in [-0.4, -0.2) is 91.9 Å². The molecule has 0 aromatic rings. The topological polar surface area (TPSA) is 77.1 Å². The summed E-state index contributed by atoms with van der Waals surface area (Å²) in [7, 11) is 5.06. The predicted octanol–water partition coefficient (Wildman–Crippen LogP) is 4.40. The Bertz CT molecular complexity index is 315. The second-order valence-corrected chi connectivity index (χ2v) is 12.2.